The number of nitrogens with one attached hydrogen (secondary N) is 1. The topological polar surface area (TPSA) is 41.6 Å². The average Bonchev–Trinajstić information content (AvgIpc) is 3.18. The summed E-state index contributed by atoms with van der Waals surface area (Å²) in [4.78, 5) is 14.7. The van der Waals surface area contributed by atoms with E-state index in [1.54, 1.807) is 0 Å². The van der Waals surface area contributed by atoms with Crippen molar-refractivity contribution in [1.29, 1.82) is 0 Å². The van der Waals surface area contributed by atoms with Gasteiger partial charge in [0.1, 0.15) is 11.4 Å². The van der Waals surface area contributed by atoms with E-state index >= 15 is 0 Å². The summed E-state index contributed by atoms with van der Waals surface area (Å²) in [6.45, 7) is 7.74. The predicted molar refractivity (Wildman–Crippen MR) is 123 cm³/mol. The van der Waals surface area contributed by atoms with Gasteiger partial charge in [-0.3, -0.25) is 4.79 Å². The minimum Gasteiger partial charge on any atom is -0.493 e. The Balaban J connectivity index is 1.62. The number of unbranched alkanes of at least 4 members (excludes halogenated alkanes) is 3. The molecule has 2 heterocycles. The van der Waals surface area contributed by atoms with Crippen LogP contribution in [0, 0.1) is 0 Å². The molecule has 2 aliphatic heterocycles. The first-order chi connectivity index (χ1) is 14.5. The molecule has 2 aromatic rings. The van der Waals surface area contributed by atoms with E-state index in [2.05, 4.69) is 67.4 Å². The zero-order chi connectivity index (χ0) is 21.2. The van der Waals surface area contributed by atoms with E-state index in [4.69, 9.17) is 4.74 Å². The summed E-state index contributed by atoms with van der Waals surface area (Å²) >= 11 is 0. The van der Waals surface area contributed by atoms with Crippen LogP contribution in [0.3, 0.4) is 0 Å². The van der Waals surface area contributed by atoms with Crippen LogP contribution in [0.25, 0.3) is 6.08 Å². The molecule has 4 rings (SSSR count). The van der Waals surface area contributed by atoms with Crippen LogP contribution in [0.15, 0.2) is 54.6 Å². The summed E-state index contributed by atoms with van der Waals surface area (Å²) in [5.74, 6) is 0.952. The van der Waals surface area contributed by atoms with Gasteiger partial charge in [-0.2, -0.15) is 0 Å². The first kappa shape index (κ1) is 20.5. The second kappa shape index (κ2) is 8.17. The maximum absolute atomic E-state index is 12.5. The third kappa shape index (κ3) is 3.38. The largest absolute Gasteiger partial charge is 0.493 e. The number of para-hydroxylation sites is 2. The number of carbonyl (C=O) groups excluding carboxylic acids is 1. The smallest absolute Gasteiger partial charge is 0.241 e. The average molecular weight is 405 g/mol. The minimum atomic E-state index is -0.581. The van der Waals surface area contributed by atoms with Gasteiger partial charge in [0.25, 0.3) is 0 Å². The highest BCUT2D eigenvalue weighted by Crippen LogP contribution is 2.52. The van der Waals surface area contributed by atoms with Crippen LogP contribution in [-0.4, -0.2) is 24.7 Å². The Morgan fingerprint density at radius 3 is 2.67 bits per heavy atom. The van der Waals surface area contributed by atoms with Crippen LogP contribution in [0.5, 0.6) is 5.75 Å². The van der Waals surface area contributed by atoms with Crippen LogP contribution in [0.4, 0.5) is 5.69 Å². The molecular formula is C26H32N2O2. The third-order valence-electron chi connectivity index (χ3n) is 6.56. The summed E-state index contributed by atoms with van der Waals surface area (Å²) in [5, 5.41) is 3.28. The SMILES string of the molecule is CCCCCCOc1ccccc1/C=C/C12NC(=O)CN1c1ccccc1C2(C)C. The van der Waals surface area contributed by atoms with Gasteiger partial charge >= 0.3 is 0 Å². The zero-order valence-corrected chi connectivity index (χ0v) is 18.3. The quantitative estimate of drug-likeness (QED) is 0.609. The molecule has 1 amide bonds. The maximum Gasteiger partial charge on any atom is 0.241 e. The first-order valence-corrected chi connectivity index (χ1v) is 11.1. The Bertz CT molecular complexity index is 950. The fourth-order valence-corrected chi connectivity index (χ4v) is 4.81. The zero-order valence-electron chi connectivity index (χ0n) is 18.3. The maximum atomic E-state index is 12.5. The molecule has 0 saturated carbocycles. The van der Waals surface area contributed by atoms with Crippen LogP contribution >= 0.6 is 0 Å². The number of carbonyl (C=O) groups is 1. The van der Waals surface area contributed by atoms with Crippen molar-refractivity contribution in [2.24, 2.45) is 0 Å². The number of hydrogen-bond donors (Lipinski definition) is 1. The standard InChI is InChI=1S/C26H32N2O2/c1-4-5-6-11-18-30-23-15-10-7-12-20(23)16-17-26-25(2,3)21-13-8-9-14-22(21)28(26)19-24(29)27-26/h7-10,12-17H,4-6,11,18-19H2,1-3H3,(H,27,29)/b17-16+. The highest BCUT2D eigenvalue weighted by molar-refractivity contribution is 5.91. The lowest BCUT2D eigenvalue weighted by atomic mass is 9.75. The number of hydrogen-bond acceptors (Lipinski definition) is 3. The molecule has 1 N–H and O–H groups in total. The van der Waals surface area contributed by atoms with E-state index in [0.717, 1.165) is 30.0 Å². The molecule has 30 heavy (non-hydrogen) atoms. The van der Waals surface area contributed by atoms with Gasteiger partial charge in [0, 0.05) is 16.7 Å². The summed E-state index contributed by atoms with van der Waals surface area (Å²) < 4.78 is 6.09. The minimum absolute atomic E-state index is 0.0580. The predicted octanol–water partition coefficient (Wildman–Crippen LogP) is 5.28. The second-order valence-electron chi connectivity index (χ2n) is 8.82. The van der Waals surface area contributed by atoms with Gasteiger partial charge in [0.15, 0.2) is 0 Å². The van der Waals surface area contributed by atoms with Crippen LogP contribution in [0.1, 0.15) is 57.6 Å². The Morgan fingerprint density at radius 1 is 1.07 bits per heavy atom. The van der Waals surface area contributed by atoms with Gasteiger partial charge in [-0.25, -0.2) is 0 Å². The molecule has 1 saturated heterocycles. The van der Waals surface area contributed by atoms with Gasteiger partial charge in [-0.1, -0.05) is 82.5 Å². The van der Waals surface area contributed by atoms with E-state index in [-0.39, 0.29) is 11.3 Å². The summed E-state index contributed by atoms with van der Waals surface area (Å²) in [7, 11) is 0. The van der Waals surface area contributed by atoms with Gasteiger partial charge in [-0.15, -0.1) is 0 Å². The number of benzene rings is 2. The van der Waals surface area contributed by atoms with Gasteiger partial charge < -0.3 is 15.0 Å². The van der Waals surface area contributed by atoms with E-state index in [0.29, 0.717) is 6.54 Å². The molecule has 1 unspecified atom stereocenters. The summed E-state index contributed by atoms with van der Waals surface area (Å²) in [5.41, 5.74) is 2.58. The normalized spacial score (nSPS) is 21.6. The molecule has 2 aliphatic rings. The summed E-state index contributed by atoms with van der Waals surface area (Å²) in [6.07, 6.45) is 9.00. The molecule has 4 heteroatoms. The van der Waals surface area contributed by atoms with Crippen LogP contribution < -0.4 is 15.0 Å². The van der Waals surface area contributed by atoms with Gasteiger partial charge in [0.2, 0.25) is 5.91 Å². The molecule has 4 nitrogen and oxygen atoms in total. The molecular weight excluding hydrogens is 372 g/mol. The lowest BCUT2D eigenvalue weighted by Crippen LogP contribution is -2.58. The molecule has 0 aliphatic carbocycles. The van der Waals surface area contributed by atoms with E-state index in [1.165, 1.54) is 24.8 Å². The molecule has 0 spiro atoms. The van der Waals surface area contributed by atoms with Crippen molar-refractivity contribution in [2.75, 3.05) is 18.1 Å². The van der Waals surface area contributed by atoms with Crippen molar-refractivity contribution in [1.82, 2.24) is 5.32 Å². The molecule has 0 radical (unpaired) electrons. The number of amides is 1. The number of ether oxygens (including phenoxy) is 1. The van der Waals surface area contributed by atoms with Crippen molar-refractivity contribution < 1.29 is 9.53 Å². The Kier molecular flexibility index (Phi) is 5.59. The monoisotopic (exact) mass is 404 g/mol. The van der Waals surface area contributed by atoms with E-state index in [9.17, 15) is 4.79 Å². The molecule has 2 aromatic carbocycles. The van der Waals surface area contributed by atoms with Crippen LogP contribution in [-0.2, 0) is 10.2 Å². The van der Waals surface area contributed by atoms with Gasteiger partial charge in [-0.05, 0) is 30.2 Å². The van der Waals surface area contributed by atoms with Crippen LogP contribution in [0.2, 0.25) is 0 Å². The number of fused-ring (bicyclic) bond motifs is 3. The fourth-order valence-electron chi connectivity index (χ4n) is 4.81. The number of nitrogens with zero attached hydrogens (tertiary/aromatic N) is 1. The summed E-state index contributed by atoms with van der Waals surface area (Å²) in [6, 6.07) is 16.5. The van der Waals surface area contributed by atoms with E-state index < -0.39 is 5.66 Å². The second-order valence-corrected chi connectivity index (χ2v) is 8.82. The Labute approximate surface area is 179 Å². The molecule has 1 fully saturated rings. The van der Waals surface area contributed by atoms with Crippen molar-refractivity contribution in [3.05, 3.63) is 65.7 Å². The first-order valence-electron chi connectivity index (χ1n) is 11.1. The Hall–Kier alpha value is -2.75. The van der Waals surface area contributed by atoms with Gasteiger partial charge in [0.05, 0.1) is 13.2 Å². The van der Waals surface area contributed by atoms with Crippen molar-refractivity contribution >= 4 is 17.7 Å². The number of anilines is 1. The number of rotatable bonds is 8. The van der Waals surface area contributed by atoms with Crippen molar-refractivity contribution in [3.63, 3.8) is 0 Å². The van der Waals surface area contributed by atoms with Crippen molar-refractivity contribution in [3.8, 4) is 5.75 Å². The molecule has 158 valence electrons. The van der Waals surface area contributed by atoms with E-state index in [1.807, 2.05) is 24.3 Å². The molecule has 0 aromatic heterocycles. The Morgan fingerprint density at radius 2 is 1.83 bits per heavy atom. The lowest BCUT2D eigenvalue weighted by molar-refractivity contribution is -0.118. The highest BCUT2D eigenvalue weighted by atomic mass is 16.5. The molecule has 0 bridgehead atoms. The third-order valence-corrected chi connectivity index (χ3v) is 6.56. The lowest BCUT2D eigenvalue weighted by Gasteiger charge is -2.40. The molecule has 1 atom stereocenters. The fraction of sp³-hybridized carbons (Fsp3) is 0.423. The highest BCUT2D eigenvalue weighted by Gasteiger charge is 2.59. The van der Waals surface area contributed by atoms with Crippen molar-refractivity contribution in [2.45, 2.75) is 57.5 Å².